The summed E-state index contributed by atoms with van der Waals surface area (Å²) in [6.07, 6.45) is -3.30. The fourth-order valence-corrected chi connectivity index (χ4v) is 3.75. The number of imidazole rings is 1. The van der Waals surface area contributed by atoms with Crippen LogP contribution in [0.3, 0.4) is 0 Å². The second-order valence-electron chi connectivity index (χ2n) is 8.33. The number of nitrogens with zero attached hydrogens (tertiary/aromatic N) is 2. The number of carboxylic acids is 1. The second-order valence-corrected chi connectivity index (χ2v) is 8.33. The van der Waals surface area contributed by atoms with E-state index in [0.29, 0.717) is 12.3 Å². The number of aliphatic carboxylic acids is 1. The molecule has 200 valence electrons. The zero-order valence-corrected chi connectivity index (χ0v) is 20.4. The van der Waals surface area contributed by atoms with Gasteiger partial charge in [0.2, 0.25) is 0 Å². The van der Waals surface area contributed by atoms with Crippen LogP contribution in [0.2, 0.25) is 0 Å². The smallest absolute Gasteiger partial charge is 0.475 e. The number of anilines is 1. The Bertz CT molecular complexity index is 1420. The molecule has 1 aromatic heterocycles. The van der Waals surface area contributed by atoms with E-state index in [9.17, 15) is 18.0 Å². The summed E-state index contributed by atoms with van der Waals surface area (Å²) in [5, 5.41) is 16.1. The van der Waals surface area contributed by atoms with Gasteiger partial charge in [-0.3, -0.25) is 0 Å². The van der Waals surface area contributed by atoms with Gasteiger partial charge in [0.05, 0.1) is 11.0 Å². The number of hydrogen-bond donors (Lipinski definition) is 3. The summed E-state index contributed by atoms with van der Waals surface area (Å²) in [6.45, 7) is 2.86. The first-order chi connectivity index (χ1) is 18.0. The molecule has 1 heterocycles. The van der Waals surface area contributed by atoms with Crippen LogP contribution in [0.25, 0.3) is 22.2 Å². The minimum absolute atomic E-state index is 0.320. The Balaban J connectivity index is 0.000000505. The molecule has 4 N–H and O–H groups in total. The highest BCUT2D eigenvalue weighted by Crippen LogP contribution is 2.30. The number of hydrogen-bond acceptors (Lipinski definition) is 5. The highest BCUT2D eigenvalue weighted by molar-refractivity contribution is 5.80. The van der Waals surface area contributed by atoms with Crippen LogP contribution < -0.4 is 10.5 Å². The van der Waals surface area contributed by atoms with E-state index in [-0.39, 0.29) is 0 Å². The van der Waals surface area contributed by atoms with Crippen molar-refractivity contribution in [2.45, 2.75) is 38.9 Å². The maximum Gasteiger partial charge on any atom is 0.511 e. The van der Waals surface area contributed by atoms with Crippen molar-refractivity contribution in [1.82, 2.24) is 9.55 Å². The molecule has 0 unspecified atom stereocenters. The number of nitrogens with two attached hydrogens (primary N) is 1. The summed E-state index contributed by atoms with van der Waals surface area (Å²) in [5.74, 6) is -1.38. The van der Waals surface area contributed by atoms with E-state index in [1.54, 1.807) is 12.1 Å². The monoisotopic (exact) mass is 529 g/mol. The largest absolute Gasteiger partial charge is 0.511 e. The maximum atomic E-state index is 11.0. The molecule has 4 rings (SSSR count). The van der Waals surface area contributed by atoms with E-state index in [4.69, 9.17) is 30.5 Å². The molecule has 0 spiro atoms. The Morgan fingerprint density at radius 2 is 1.68 bits per heavy atom. The second kappa shape index (κ2) is 12.1. The number of fused-ring (bicyclic) bond motifs is 1. The molecule has 0 fully saturated rings. The van der Waals surface area contributed by atoms with Gasteiger partial charge in [0.15, 0.2) is 0 Å². The Morgan fingerprint density at radius 3 is 2.29 bits per heavy atom. The van der Waals surface area contributed by atoms with E-state index < -0.39 is 18.3 Å². The summed E-state index contributed by atoms with van der Waals surface area (Å²) in [5.41, 5.74) is 11.5. The van der Waals surface area contributed by atoms with Gasteiger partial charge in [0.25, 0.3) is 0 Å². The van der Waals surface area contributed by atoms with Gasteiger partial charge in [-0.05, 0) is 41.8 Å². The van der Waals surface area contributed by atoms with Gasteiger partial charge in [-0.1, -0.05) is 55.8 Å². The number of halogens is 3. The highest BCUT2D eigenvalue weighted by atomic mass is 19.4. The van der Waals surface area contributed by atoms with Gasteiger partial charge in [-0.25, -0.2) is 14.6 Å². The topological polar surface area (TPSA) is 128 Å². The van der Waals surface area contributed by atoms with Crippen molar-refractivity contribution in [3.05, 3.63) is 78.1 Å². The number of unbranched alkanes of at least 4 members (excludes halogenated alkanes) is 1. The molecule has 0 saturated heterocycles. The average molecular weight is 530 g/mol. The van der Waals surface area contributed by atoms with Crippen molar-refractivity contribution in [1.29, 1.82) is 0 Å². The van der Waals surface area contributed by atoms with Gasteiger partial charge in [0, 0.05) is 24.2 Å². The minimum atomic E-state index is -5.08. The van der Waals surface area contributed by atoms with Crippen LogP contribution in [0.4, 0.5) is 23.7 Å². The molecule has 3 aromatic carbocycles. The normalized spacial score (nSPS) is 11.1. The van der Waals surface area contributed by atoms with Crippen molar-refractivity contribution in [3.63, 3.8) is 0 Å². The maximum absolute atomic E-state index is 11.0. The Hall–Kier alpha value is -4.54. The van der Waals surface area contributed by atoms with Crippen molar-refractivity contribution < 1.29 is 37.7 Å². The van der Waals surface area contributed by atoms with E-state index in [1.165, 1.54) is 0 Å². The van der Waals surface area contributed by atoms with Gasteiger partial charge >= 0.3 is 18.3 Å². The SMILES string of the molecule is CCCCc1nc2ccc(N)cc2n1Cc1ccc(-c2ccccc2OC(=O)O)cc1.O=C(O)C(F)(F)F. The summed E-state index contributed by atoms with van der Waals surface area (Å²) < 4.78 is 38.9. The van der Waals surface area contributed by atoms with Gasteiger partial charge in [-0.2, -0.15) is 13.2 Å². The lowest BCUT2D eigenvalue weighted by Gasteiger charge is -2.12. The van der Waals surface area contributed by atoms with E-state index in [2.05, 4.69) is 23.6 Å². The molecule has 0 aliphatic carbocycles. The number of aryl methyl sites for hydroxylation is 1. The first kappa shape index (κ1) is 28.0. The minimum Gasteiger partial charge on any atom is -0.475 e. The summed E-state index contributed by atoms with van der Waals surface area (Å²) >= 11 is 0. The van der Waals surface area contributed by atoms with Crippen LogP contribution in [0, 0.1) is 0 Å². The molecule has 11 heteroatoms. The number of aromatic nitrogens is 2. The lowest BCUT2D eigenvalue weighted by molar-refractivity contribution is -0.192. The van der Waals surface area contributed by atoms with Crippen LogP contribution in [0.15, 0.2) is 66.7 Å². The number of ether oxygens (including phenoxy) is 1. The molecule has 0 aliphatic heterocycles. The predicted molar refractivity (Wildman–Crippen MR) is 136 cm³/mol. The predicted octanol–water partition coefficient (Wildman–Crippen LogP) is 6.37. The first-order valence-electron chi connectivity index (χ1n) is 11.6. The third-order valence-electron chi connectivity index (χ3n) is 5.54. The Kier molecular flexibility index (Phi) is 8.95. The Morgan fingerprint density at radius 1 is 1.03 bits per heavy atom. The fraction of sp³-hybridized carbons (Fsp3) is 0.222. The number of para-hydroxylation sites is 1. The van der Waals surface area contributed by atoms with E-state index in [1.807, 2.05) is 42.5 Å². The van der Waals surface area contributed by atoms with Gasteiger partial charge in [0.1, 0.15) is 11.6 Å². The van der Waals surface area contributed by atoms with Gasteiger partial charge < -0.3 is 25.3 Å². The molecular weight excluding hydrogens is 503 g/mol. The molecule has 0 atom stereocenters. The van der Waals surface area contributed by atoms with Crippen LogP contribution in [0.5, 0.6) is 5.75 Å². The molecule has 4 aromatic rings. The number of carboxylic acid groups (broad SMARTS) is 2. The standard InChI is InChI=1S/C25H25N3O3.C2HF3O2/c1-2-3-8-24-27-21-14-13-19(26)15-22(21)28(24)16-17-9-11-18(12-10-17)20-6-4-5-7-23(20)31-25(29)30;3-2(4,5)1(6)7/h4-7,9-15H,2-3,8,16,26H2,1H3,(H,29,30);(H,6,7). The number of carbonyl (C=O) groups is 2. The van der Waals surface area contributed by atoms with Crippen LogP contribution >= 0.6 is 0 Å². The molecule has 0 amide bonds. The number of nitrogen functional groups attached to an aromatic ring is 1. The fourth-order valence-electron chi connectivity index (χ4n) is 3.75. The molecular formula is C27H26F3N3O5. The molecule has 0 saturated carbocycles. The lowest BCUT2D eigenvalue weighted by Crippen LogP contribution is -2.21. The van der Waals surface area contributed by atoms with Crippen LogP contribution in [-0.4, -0.2) is 38.1 Å². The van der Waals surface area contributed by atoms with Gasteiger partial charge in [-0.15, -0.1) is 0 Å². The number of alkyl halides is 3. The third kappa shape index (κ3) is 7.25. The zero-order valence-electron chi connectivity index (χ0n) is 20.4. The van der Waals surface area contributed by atoms with Crippen molar-refractivity contribution >= 4 is 28.8 Å². The Labute approximate surface area is 216 Å². The first-order valence-corrected chi connectivity index (χ1v) is 11.6. The number of benzene rings is 3. The van der Waals surface area contributed by atoms with Crippen LogP contribution in [0.1, 0.15) is 31.2 Å². The van der Waals surface area contributed by atoms with Crippen molar-refractivity contribution in [3.8, 4) is 16.9 Å². The third-order valence-corrected chi connectivity index (χ3v) is 5.54. The zero-order chi connectivity index (χ0) is 27.9. The summed E-state index contributed by atoms with van der Waals surface area (Å²) in [7, 11) is 0. The average Bonchev–Trinajstić information content (AvgIpc) is 3.19. The number of rotatable bonds is 7. The van der Waals surface area contributed by atoms with Crippen molar-refractivity contribution in [2.24, 2.45) is 0 Å². The van der Waals surface area contributed by atoms with Crippen LogP contribution in [-0.2, 0) is 17.8 Å². The highest BCUT2D eigenvalue weighted by Gasteiger charge is 2.38. The molecule has 0 aliphatic rings. The molecule has 38 heavy (non-hydrogen) atoms. The molecule has 0 bridgehead atoms. The summed E-state index contributed by atoms with van der Waals surface area (Å²) in [4.78, 5) is 24.7. The summed E-state index contributed by atoms with van der Waals surface area (Å²) in [6, 6.07) is 21.0. The quantitative estimate of drug-likeness (QED) is 0.144. The van der Waals surface area contributed by atoms with E-state index in [0.717, 1.165) is 58.5 Å². The van der Waals surface area contributed by atoms with E-state index >= 15 is 0 Å². The van der Waals surface area contributed by atoms with Crippen molar-refractivity contribution in [2.75, 3.05) is 5.73 Å². The molecule has 0 radical (unpaired) electrons. The molecule has 8 nitrogen and oxygen atoms in total. The lowest BCUT2D eigenvalue weighted by atomic mass is 10.0.